The van der Waals surface area contributed by atoms with E-state index in [9.17, 15) is 13.2 Å². The van der Waals surface area contributed by atoms with Crippen molar-refractivity contribution in [2.24, 2.45) is 4.99 Å². The minimum atomic E-state index is -3.60. The van der Waals surface area contributed by atoms with E-state index in [1.807, 2.05) is 91.9 Å². The monoisotopic (exact) mass is 538 g/mol. The zero-order valence-electron chi connectivity index (χ0n) is 21.7. The van der Waals surface area contributed by atoms with Gasteiger partial charge in [-0.2, -0.15) is 0 Å². The molecule has 2 atom stereocenters. The van der Waals surface area contributed by atoms with Gasteiger partial charge in [0.2, 0.25) is 5.90 Å². The highest BCUT2D eigenvalue weighted by atomic mass is 32.2. The highest BCUT2D eigenvalue weighted by Gasteiger charge is 2.40. The van der Waals surface area contributed by atoms with E-state index in [-0.39, 0.29) is 29.6 Å². The Morgan fingerprint density at radius 3 is 2.08 bits per heavy atom. The predicted molar refractivity (Wildman–Crippen MR) is 152 cm³/mol. The Morgan fingerprint density at radius 1 is 0.821 bits per heavy atom. The summed E-state index contributed by atoms with van der Waals surface area (Å²) in [5.41, 5.74) is 3.59. The number of sulfone groups is 1. The average Bonchev–Trinajstić information content (AvgIpc) is 3.43. The van der Waals surface area contributed by atoms with E-state index in [0.717, 1.165) is 22.3 Å². The van der Waals surface area contributed by atoms with Gasteiger partial charge in [-0.1, -0.05) is 91.0 Å². The molecule has 1 aliphatic heterocycles. The molecule has 7 heteroatoms. The first kappa shape index (κ1) is 26.4. The molecule has 5 rings (SSSR count). The van der Waals surface area contributed by atoms with Crippen LogP contribution in [-0.2, 0) is 25.9 Å². The lowest BCUT2D eigenvalue weighted by atomic mass is 10.0. The smallest absolute Gasteiger partial charge is 0.252 e. The zero-order chi connectivity index (χ0) is 27.2. The van der Waals surface area contributed by atoms with E-state index >= 15 is 0 Å². The lowest BCUT2D eigenvalue weighted by Crippen LogP contribution is -2.42. The molecule has 198 valence electrons. The van der Waals surface area contributed by atoms with Gasteiger partial charge in [-0.05, 0) is 47.9 Å². The van der Waals surface area contributed by atoms with Crippen molar-refractivity contribution in [3.63, 3.8) is 0 Å². The Hall–Kier alpha value is -4.23. The predicted octanol–water partition coefficient (Wildman–Crippen LogP) is 5.38. The van der Waals surface area contributed by atoms with Gasteiger partial charge in [0.25, 0.3) is 5.91 Å². The molecule has 0 aromatic heterocycles. The van der Waals surface area contributed by atoms with Crippen molar-refractivity contribution in [2.75, 3.05) is 12.3 Å². The van der Waals surface area contributed by atoms with Crippen molar-refractivity contribution < 1.29 is 17.9 Å². The highest BCUT2D eigenvalue weighted by Crippen LogP contribution is 2.33. The molecular weight excluding hydrogens is 508 g/mol. The van der Waals surface area contributed by atoms with Crippen LogP contribution in [0.4, 0.5) is 0 Å². The Kier molecular flexibility index (Phi) is 7.89. The molecule has 0 spiro atoms. The third-order valence-electron chi connectivity index (χ3n) is 6.85. The summed E-state index contributed by atoms with van der Waals surface area (Å²) >= 11 is 0. The van der Waals surface area contributed by atoms with Crippen LogP contribution in [0.1, 0.15) is 28.4 Å². The number of hydrogen-bond donors (Lipinski definition) is 0. The maximum Gasteiger partial charge on any atom is 0.252 e. The molecule has 0 radical (unpaired) electrons. The van der Waals surface area contributed by atoms with Gasteiger partial charge < -0.3 is 9.64 Å². The SMILES string of the molecule is Cc1ccccc1CN(CCS(=O)(=O)c1ccccc1)C(=O)C1N=C(c2ccccc2)OC1c1ccccc1. The maximum absolute atomic E-state index is 14.2. The van der Waals surface area contributed by atoms with Crippen molar-refractivity contribution in [1.82, 2.24) is 4.90 Å². The fraction of sp³-hybridized carbons (Fsp3) is 0.188. The number of hydrogen-bond acceptors (Lipinski definition) is 5. The van der Waals surface area contributed by atoms with Crippen LogP contribution in [0.15, 0.2) is 125 Å². The number of rotatable bonds is 9. The first-order valence-electron chi connectivity index (χ1n) is 12.9. The highest BCUT2D eigenvalue weighted by molar-refractivity contribution is 7.91. The van der Waals surface area contributed by atoms with Gasteiger partial charge in [-0.15, -0.1) is 0 Å². The number of aryl methyl sites for hydroxylation is 1. The molecule has 4 aromatic carbocycles. The Labute approximate surface area is 229 Å². The molecular formula is C32H30N2O4S. The zero-order valence-corrected chi connectivity index (χ0v) is 22.5. The number of ether oxygens (including phenoxy) is 1. The second-order valence-corrected chi connectivity index (χ2v) is 11.6. The van der Waals surface area contributed by atoms with Crippen LogP contribution in [0.25, 0.3) is 0 Å². The number of aliphatic imine (C=N–C) groups is 1. The van der Waals surface area contributed by atoms with Crippen molar-refractivity contribution in [3.05, 3.63) is 138 Å². The molecule has 0 aliphatic carbocycles. The third kappa shape index (κ3) is 6.10. The van der Waals surface area contributed by atoms with Crippen molar-refractivity contribution in [2.45, 2.75) is 30.5 Å². The number of carbonyl (C=O) groups is 1. The molecule has 0 saturated carbocycles. The van der Waals surface area contributed by atoms with Gasteiger partial charge in [0.1, 0.15) is 0 Å². The van der Waals surface area contributed by atoms with E-state index in [2.05, 4.69) is 0 Å². The number of amides is 1. The molecule has 4 aromatic rings. The van der Waals surface area contributed by atoms with Crippen LogP contribution in [0.2, 0.25) is 0 Å². The van der Waals surface area contributed by atoms with E-state index in [0.29, 0.717) is 5.90 Å². The van der Waals surface area contributed by atoms with Crippen molar-refractivity contribution in [3.8, 4) is 0 Å². The summed E-state index contributed by atoms with van der Waals surface area (Å²) in [5, 5.41) is 0. The Balaban J connectivity index is 1.48. The Morgan fingerprint density at radius 2 is 1.41 bits per heavy atom. The molecule has 0 saturated heterocycles. The number of nitrogens with zero attached hydrogens (tertiary/aromatic N) is 2. The normalized spacial score (nSPS) is 16.8. The summed E-state index contributed by atoms with van der Waals surface area (Å²) in [6.45, 7) is 2.28. The molecule has 0 bridgehead atoms. The maximum atomic E-state index is 14.2. The van der Waals surface area contributed by atoms with Gasteiger partial charge in [0.15, 0.2) is 22.0 Å². The molecule has 39 heavy (non-hydrogen) atoms. The van der Waals surface area contributed by atoms with Crippen LogP contribution >= 0.6 is 0 Å². The van der Waals surface area contributed by atoms with Gasteiger partial charge in [0, 0.05) is 18.7 Å². The molecule has 1 aliphatic rings. The van der Waals surface area contributed by atoms with E-state index in [1.54, 1.807) is 35.2 Å². The minimum absolute atomic E-state index is 0.0264. The summed E-state index contributed by atoms with van der Waals surface area (Å²) in [7, 11) is -3.60. The second-order valence-electron chi connectivity index (χ2n) is 9.51. The van der Waals surface area contributed by atoms with Crippen LogP contribution in [0, 0.1) is 6.92 Å². The summed E-state index contributed by atoms with van der Waals surface area (Å²) < 4.78 is 32.6. The van der Waals surface area contributed by atoms with Crippen molar-refractivity contribution >= 4 is 21.6 Å². The second kappa shape index (κ2) is 11.7. The lowest BCUT2D eigenvalue weighted by molar-refractivity contribution is -0.134. The van der Waals surface area contributed by atoms with E-state index in [4.69, 9.17) is 9.73 Å². The summed E-state index contributed by atoms with van der Waals surface area (Å²) in [6.07, 6.45) is -0.626. The average molecular weight is 539 g/mol. The summed E-state index contributed by atoms with van der Waals surface area (Å²) in [6, 6.07) is 34.3. The van der Waals surface area contributed by atoms with Crippen LogP contribution < -0.4 is 0 Å². The third-order valence-corrected chi connectivity index (χ3v) is 8.56. The summed E-state index contributed by atoms with van der Waals surface area (Å²) in [5.74, 6) is -0.0788. The molecule has 1 heterocycles. The van der Waals surface area contributed by atoms with Gasteiger partial charge in [-0.25, -0.2) is 13.4 Å². The lowest BCUT2D eigenvalue weighted by Gasteiger charge is -2.27. The quantitative estimate of drug-likeness (QED) is 0.287. The van der Waals surface area contributed by atoms with Crippen molar-refractivity contribution in [1.29, 1.82) is 0 Å². The van der Waals surface area contributed by atoms with Gasteiger partial charge >= 0.3 is 0 Å². The molecule has 1 amide bonds. The minimum Gasteiger partial charge on any atom is -0.466 e. The molecule has 0 N–H and O–H groups in total. The topological polar surface area (TPSA) is 76.0 Å². The molecule has 0 fully saturated rings. The van der Waals surface area contributed by atoms with E-state index < -0.39 is 22.0 Å². The largest absolute Gasteiger partial charge is 0.466 e. The fourth-order valence-electron chi connectivity index (χ4n) is 4.63. The van der Waals surface area contributed by atoms with E-state index in [1.165, 1.54) is 0 Å². The first-order valence-corrected chi connectivity index (χ1v) is 14.5. The van der Waals surface area contributed by atoms with Crippen LogP contribution in [-0.4, -0.2) is 43.5 Å². The summed E-state index contributed by atoms with van der Waals surface area (Å²) in [4.78, 5) is 20.8. The van der Waals surface area contributed by atoms with Gasteiger partial charge in [0.05, 0.1) is 10.6 Å². The van der Waals surface area contributed by atoms with Gasteiger partial charge in [-0.3, -0.25) is 4.79 Å². The number of carbonyl (C=O) groups excluding carboxylic acids is 1. The molecule has 2 unspecified atom stereocenters. The van der Waals surface area contributed by atoms with Crippen LogP contribution in [0.5, 0.6) is 0 Å². The fourth-order valence-corrected chi connectivity index (χ4v) is 5.90. The molecule has 6 nitrogen and oxygen atoms in total. The van der Waals surface area contributed by atoms with Crippen LogP contribution in [0.3, 0.4) is 0 Å². The Bertz CT molecular complexity index is 1560. The number of benzene rings is 4. The standard InChI is InChI=1S/C32H30N2O4S/c1-24-13-11-12-18-27(24)23-34(21-22-39(36,37)28-19-9-4-10-20-28)32(35)29-30(25-14-5-2-6-15-25)38-31(33-29)26-16-7-3-8-17-26/h2-20,29-30H,21-23H2,1H3. The first-order chi connectivity index (χ1) is 18.9.